The highest BCUT2D eigenvalue weighted by Gasteiger charge is 2.24. The van der Waals surface area contributed by atoms with Gasteiger partial charge in [-0.05, 0) is 98.9 Å². The minimum atomic E-state index is -0.347. The normalized spacial score (nSPS) is 13.3. The van der Waals surface area contributed by atoms with Crippen molar-refractivity contribution in [2.24, 2.45) is 0 Å². The van der Waals surface area contributed by atoms with E-state index in [0.29, 0.717) is 0 Å². The van der Waals surface area contributed by atoms with Crippen molar-refractivity contribution in [3.8, 4) is 22.5 Å². The maximum Gasteiger partial charge on any atom is 0.141 e. The number of aromatic nitrogens is 3. The van der Waals surface area contributed by atoms with E-state index in [9.17, 15) is 0 Å². The van der Waals surface area contributed by atoms with Gasteiger partial charge in [0.25, 0.3) is 0 Å². The first-order chi connectivity index (χ1) is 21.8. The molecule has 5 aromatic rings. The van der Waals surface area contributed by atoms with Crippen molar-refractivity contribution in [3.63, 3.8) is 0 Å². The maximum absolute atomic E-state index is 8.57. The van der Waals surface area contributed by atoms with E-state index in [1.54, 1.807) is 13.3 Å². The number of H-pyrrole nitrogens is 1. The Morgan fingerprint density at radius 3 is 2.51 bits per heavy atom. The van der Waals surface area contributed by atoms with Crippen LogP contribution >= 0.6 is 0 Å². The summed E-state index contributed by atoms with van der Waals surface area (Å²) in [6, 6.07) is 24.2. The highest BCUT2D eigenvalue weighted by Crippen LogP contribution is 2.41. The molecule has 0 saturated heterocycles. The van der Waals surface area contributed by atoms with Gasteiger partial charge in [0, 0.05) is 35.9 Å². The van der Waals surface area contributed by atoms with Crippen molar-refractivity contribution in [2.75, 3.05) is 25.0 Å². The molecule has 6 heteroatoms. The molecule has 2 heterocycles. The van der Waals surface area contributed by atoms with Crippen LogP contribution < -0.4 is 10.2 Å². The van der Waals surface area contributed by atoms with Crippen LogP contribution in [0, 0.1) is 13.8 Å². The van der Waals surface area contributed by atoms with Gasteiger partial charge in [-0.3, -0.25) is 5.32 Å². The smallest absolute Gasteiger partial charge is 0.141 e. The molecule has 6 nitrogen and oxygen atoms in total. The zero-order valence-electron chi connectivity index (χ0n) is 27.4. The molecule has 1 aliphatic carbocycles. The second-order valence-electron chi connectivity index (χ2n) is 12.2. The number of likely N-dealkylation sites (N-methyl/N-ethyl adjacent to an activating group) is 1. The molecule has 1 unspecified atom stereocenters. The van der Waals surface area contributed by atoms with Gasteiger partial charge in [0.15, 0.2) is 0 Å². The van der Waals surface area contributed by atoms with Crippen molar-refractivity contribution < 1.29 is 5.11 Å². The van der Waals surface area contributed by atoms with E-state index in [0.717, 1.165) is 65.4 Å². The van der Waals surface area contributed by atoms with Gasteiger partial charge in [-0.2, -0.15) is 0 Å². The zero-order chi connectivity index (χ0) is 31.9. The number of hydrogen-bond donors (Lipinski definition) is 3. The zero-order valence-corrected chi connectivity index (χ0v) is 27.4. The molecule has 234 valence electrons. The molecule has 0 aliphatic heterocycles. The molecule has 1 saturated carbocycles. The lowest BCUT2D eigenvalue weighted by Crippen LogP contribution is -2.25. The number of aromatic amines is 1. The summed E-state index contributed by atoms with van der Waals surface area (Å²) in [7, 11) is 2.19. The second-order valence-corrected chi connectivity index (χ2v) is 12.2. The van der Waals surface area contributed by atoms with Crippen LogP contribution in [0.3, 0.4) is 0 Å². The van der Waals surface area contributed by atoms with E-state index in [1.165, 1.54) is 46.3 Å². The second kappa shape index (κ2) is 14.7. The summed E-state index contributed by atoms with van der Waals surface area (Å²) in [6.45, 7) is 14.0. The first kappa shape index (κ1) is 32.1. The molecule has 0 radical (unpaired) electrons. The molecule has 6 rings (SSSR count). The number of rotatable bonds is 11. The average Bonchev–Trinajstić information content (AvgIpc) is 3.81. The van der Waals surface area contributed by atoms with Gasteiger partial charge in [-0.1, -0.05) is 79.7 Å². The molecule has 1 atom stereocenters. The molecule has 1 fully saturated rings. The first-order valence-corrected chi connectivity index (χ1v) is 16.2. The fourth-order valence-electron chi connectivity index (χ4n) is 5.81. The van der Waals surface area contributed by atoms with Gasteiger partial charge < -0.3 is 15.0 Å². The Kier molecular flexibility index (Phi) is 10.5. The van der Waals surface area contributed by atoms with E-state index < -0.39 is 0 Å². The summed E-state index contributed by atoms with van der Waals surface area (Å²) in [4.78, 5) is 15.1. The standard InChI is InChI=1S/C34H34N4.C5H13NO/c1-5-24-13-16-27(25-14-15-25)19-28(24)17-18-38(4)32-8-6-7-29(23(32)3)33-30-20-31(37-34(30)36-21-35-33)26-11-9-22(2)10-12-26;1-3-4-6-5(2)7/h5-13,16,19-21,25H,1,14-15,17-18H2,2-4H3,(H,35,36,37);5-7H,3-4H2,1-2H3. The van der Waals surface area contributed by atoms with Gasteiger partial charge in [0.2, 0.25) is 0 Å². The molecule has 1 aliphatic rings. The van der Waals surface area contributed by atoms with Crippen molar-refractivity contribution in [3.05, 3.63) is 107 Å². The van der Waals surface area contributed by atoms with Gasteiger partial charge in [-0.15, -0.1) is 0 Å². The number of aliphatic hydroxyl groups is 1. The average molecular weight is 602 g/mol. The van der Waals surface area contributed by atoms with Gasteiger partial charge in [-0.25, -0.2) is 9.97 Å². The van der Waals surface area contributed by atoms with Crippen LogP contribution in [0.25, 0.3) is 39.6 Å². The first-order valence-electron chi connectivity index (χ1n) is 16.2. The number of nitrogens with zero attached hydrogens (tertiary/aromatic N) is 3. The SMILES string of the molecule is C=Cc1ccc(C2CC2)cc1CCN(C)c1cccc(-c2ncnc3[nH]c(-c4ccc(C)cc4)cc23)c1C.CCCNC(C)O. The Hall–Kier alpha value is -4.26. The number of nitrogens with one attached hydrogen (secondary N) is 2. The molecule has 0 bridgehead atoms. The van der Waals surface area contributed by atoms with Crippen molar-refractivity contribution in [1.82, 2.24) is 20.3 Å². The quantitative estimate of drug-likeness (QED) is 0.133. The summed E-state index contributed by atoms with van der Waals surface area (Å²) < 4.78 is 0. The molecule has 3 N–H and O–H groups in total. The third-order valence-corrected chi connectivity index (χ3v) is 8.60. The van der Waals surface area contributed by atoms with Gasteiger partial charge >= 0.3 is 0 Å². The van der Waals surface area contributed by atoms with Crippen LogP contribution in [0.2, 0.25) is 0 Å². The van der Waals surface area contributed by atoms with Gasteiger partial charge in [0.1, 0.15) is 18.2 Å². The summed E-state index contributed by atoms with van der Waals surface area (Å²) in [6.07, 6.45) is 8.00. The third kappa shape index (κ3) is 7.88. The van der Waals surface area contributed by atoms with Crippen LogP contribution in [-0.4, -0.2) is 46.4 Å². The molecule has 45 heavy (non-hydrogen) atoms. The van der Waals surface area contributed by atoms with Crippen LogP contribution in [0.4, 0.5) is 5.69 Å². The lowest BCUT2D eigenvalue weighted by molar-refractivity contribution is 0.157. The predicted octanol–water partition coefficient (Wildman–Crippen LogP) is 8.43. The predicted molar refractivity (Wildman–Crippen MR) is 190 cm³/mol. The molecule has 3 aromatic carbocycles. The Labute approximate surface area is 268 Å². The Morgan fingerprint density at radius 2 is 1.84 bits per heavy atom. The van der Waals surface area contributed by atoms with Crippen molar-refractivity contribution >= 4 is 22.8 Å². The molecule has 0 spiro atoms. The summed E-state index contributed by atoms with van der Waals surface area (Å²) in [5.41, 5.74) is 13.0. The van der Waals surface area contributed by atoms with E-state index in [2.05, 4.69) is 121 Å². The lowest BCUT2D eigenvalue weighted by atomic mass is 9.98. The van der Waals surface area contributed by atoms with E-state index in [1.807, 2.05) is 6.08 Å². The Balaban J connectivity index is 0.000000515. The molecular formula is C39H47N5O. The number of hydrogen-bond acceptors (Lipinski definition) is 5. The highest BCUT2D eigenvalue weighted by atomic mass is 16.3. The number of aliphatic hydroxyl groups excluding tert-OH is 1. The van der Waals surface area contributed by atoms with Crippen LogP contribution in [-0.2, 0) is 6.42 Å². The highest BCUT2D eigenvalue weighted by molar-refractivity contribution is 5.95. The van der Waals surface area contributed by atoms with Crippen LogP contribution in [0.15, 0.2) is 79.6 Å². The summed E-state index contributed by atoms with van der Waals surface area (Å²) >= 11 is 0. The molecule has 2 aromatic heterocycles. The fraction of sp³-hybridized carbons (Fsp3) is 0.333. The third-order valence-electron chi connectivity index (χ3n) is 8.60. The minimum absolute atomic E-state index is 0.347. The van der Waals surface area contributed by atoms with E-state index >= 15 is 0 Å². The Bertz CT molecular complexity index is 1730. The van der Waals surface area contributed by atoms with Crippen LogP contribution in [0.1, 0.15) is 66.8 Å². The number of fused-ring (bicyclic) bond motifs is 1. The monoisotopic (exact) mass is 601 g/mol. The maximum atomic E-state index is 8.57. The summed E-state index contributed by atoms with van der Waals surface area (Å²) in [5.74, 6) is 0.758. The van der Waals surface area contributed by atoms with Gasteiger partial charge in [0.05, 0.1) is 5.69 Å². The van der Waals surface area contributed by atoms with Crippen LogP contribution in [0.5, 0.6) is 0 Å². The molecular weight excluding hydrogens is 554 g/mol. The largest absolute Gasteiger partial charge is 0.379 e. The summed E-state index contributed by atoms with van der Waals surface area (Å²) in [5, 5.41) is 12.5. The topological polar surface area (TPSA) is 77.1 Å². The number of anilines is 1. The molecule has 0 amide bonds. The number of benzene rings is 3. The van der Waals surface area contributed by atoms with Crippen molar-refractivity contribution in [2.45, 2.75) is 65.5 Å². The van der Waals surface area contributed by atoms with E-state index in [-0.39, 0.29) is 6.23 Å². The fourth-order valence-corrected chi connectivity index (χ4v) is 5.81. The van der Waals surface area contributed by atoms with E-state index in [4.69, 9.17) is 10.1 Å². The minimum Gasteiger partial charge on any atom is -0.379 e. The van der Waals surface area contributed by atoms with Crippen molar-refractivity contribution in [1.29, 1.82) is 0 Å². The lowest BCUT2D eigenvalue weighted by Gasteiger charge is -2.23. The Morgan fingerprint density at radius 1 is 1.07 bits per heavy atom. The number of aryl methyl sites for hydroxylation is 1.